The lowest BCUT2D eigenvalue weighted by Crippen LogP contribution is -1.98. The minimum atomic E-state index is -0.254. The number of ether oxygens (including phenoxy) is 1. The number of hydrogen-bond donors (Lipinski definition) is 0. The SMILES string of the molecule is Fc1ccccc1COc1ccc(-c2ccn(-c3ccccc3)n2)cc1. The van der Waals surface area contributed by atoms with Crippen molar-refractivity contribution in [1.82, 2.24) is 9.78 Å². The Morgan fingerprint density at radius 3 is 2.31 bits per heavy atom. The largest absolute Gasteiger partial charge is 0.489 e. The molecule has 26 heavy (non-hydrogen) atoms. The number of aromatic nitrogens is 2. The van der Waals surface area contributed by atoms with Crippen molar-refractivity contribution >= 4 is 0 Å². The molecule has 0 saturated heterocycles. The zero-order valence-corrected chi connectivity index (χ0v) is 14.0. The van der Waals surface area contributed by atoms with Crippen LogP contribution in [-0.2, 0) is 6.61 Å². The van der Waals surface area contributed by atoms with E-state index in [-0.39, 0.29) is 12.4 Å². The lowest BCUT2D eigenvalue weighted by molar-refractivity contribution is 0.300. The van der Waals surface area contributed by atoms with Crippen molar-refractivity contribution in [1.29, 1.82) is 0 Å². The van der Waals surface area contributed by atoms with Crippen LogP contribution in [0.5, 0.6) is 5.75 Å². The third kappa shape index (κ3) is 3.49. The van der Waals surface area contributed by atoms with E-state index in [2.05, 4.69) is 5.10 Å². The molecule has 128 valence electrons. The molecule has 0 N–H and O–H groups in total. The molecule has 0 unspecified atom stereocenters. The Bertz CT molecular complexity index is 994. The first-order valence-electron chi connectivity index (χ1n) is 8.37. The summed E-state index contributed by atoms with van der Waals surface area (Å²) in [6.45, 7) is 0.203. The van der Waals surface area contributed by atoms with Crippen LogP contribution in [0.3, 0.4) is 0 Å². The molecule has 0 aliphatic rings. The maximum atomic E-state index is 13.6. The number of hydrogen-bond acceptors (Lipinski definition) is 2. The predicted molar refractivity (Wildman–Crippen MR) is 99.7 cm³/mol. The zero-order valence-electron chi connectivity index (χ0n) is 14.0. The molecule has 0 atom stereocenters. The molecule has 0 radical (unpaired) electrons. The molecule has 0 spiro atoms. The quantitative estimate of drug-likeness (QED) is 0.494. The molecule has 0 aliphatic heterocycles. The van der Waals surface area contributed by atoms with Crippen molar-refractivity contribution < 1.29 is 9.13 Å². The van der Waals surface area contributed by atoms with Crippen LogP contribution in [-0.4, -0.2) is 9.78 Å². The molecule has 0 aliphatic carbocycles. The minimum absolute atomic E-state index is 0.203. The van der Waals surface area contributed by atoms with Crippen molar-refractivity contribution in [2.45, 2.75) is 6.61 Å². The highest BCUT2D eigenvalue weighted by molar-refractivity contribution is 5.60. The van der Waals surface area contributed by atoms with Gasteiger partial charge in [0.1, 0.15) is 18.2 Å². The standard InChI is InChI=1S/C22H17FN2O/c23-21-9-5-4-6-18(21)16-26-20-12-10-17(11-13-20)22-14-15-25(24-22)19-7-2-1-3-8-19/h1-15H,16H2. The summed E-state index contributed by atoms with van der Waals surface area (Å²) >= 11 is 0. The van der Waals surface area contributed by atoms with Crippen LogP contribution >= 0.6 is 0 Å². The number of nitrogens with zero attached hydrogens (tertiary/aromatic N) is 2. The second kappa shape index (κ2) is 7.23. The fraction of sp³-hybridized carbons (Fsp3) is 0.0455. The first kappa shape index (κ1) is 16.1. The Labute approximate surface area is 151 Å². The molecule has 0 amide bonds. The summed E-state index contributed by atoms with van der Waals surface area (Å²) in [5.41, 5.74) is 3.44. The Balaban J connectivity index is 1.46. The summed E-state index contributed by atoms with van der Waals surface area (Å²) in [6, 6.07) is 26.2. The van der Waals surface area contributed by atoms with Gasteiger partial charge in [0.25, 0.3) is 0 Å². The summed E-state index contributed by atoms with van der Waals surface area (Å²) in [4.78, 5) is 0. The molecule has 0 bridgehead atoms. The van der Waals surface area contributed by atoms with E-state index in [0.29, 0.717) is 11.3 Å². The molecule has 4 aromatic rings. The average molecular weight is 344 g/mol. The van der Waals surface area contributed by atoms with Gasteiger partial charge >= 0.3 is 0 Å². The summed E-state index contributed by atoms with van der Waals surface area (Å²) < 4.78 is 21.1. The molecule has 4 heteroatoms. The molecule has 0 saturated carbocycles. The summed E-state index contributed by atoms with van der Waals surface area (Å²) in [6.07, 6.45) is 1.94. The van der Waals surface area contributed by atoms with Gasteiger partial charge in [0.2, 0.25) is 0 Å². The fourth-order valence-corrected chi connectivity index (χ4v) is 2.70. The molecular weight excluding hydrogens is 327 g/mol. The van der Waals surface area contributed by atoms with Crippen LogP contribution in [0.4, 0.5) is 4.39 Å². The average Bonchev–Trinajstić information content (AvgIpc) is 3.19. The van der Waals surface area contributed by atoms with Crippen LogP contribution in [0.15, 0.2) is 91.1 Å². The first-order chi connectivity index (χ1) is 12.8. The van der Waals surface area contributed by atoms with Gasteiger partial charge in [-0.1, -0.05) is 36.4 Å². The molecular formula is C22H17FN2O. The van der Waals surface area contributed by atoms with Crippen molar-refractivity contribution in [3.8, 4) is 22.7 Å². The van der Waals surface area contributed by atoms with E-state index >= 15 is 0 Å². The van der Waals surface area contributed by atoms with E-state index in [0.717, 1.165) is 16.9 Å². The summed E-state index contributed by atoms with van der Waals surface area (Å²) in [5.74, 6) is 0.440. The van der Waals surface area contributed by atoms with Gasteiger partial charge < -0.3 is 4.74 Å². The van der Waals surface area contributed by atoms with Crippen molar-refractivity contribution in [2.75, 3.05) is 0 Å². The third-order valence-electron chi connectivity index (χ3n) is 4.11. The highest BCUT2D eigenvalue weighted by Gasteiger charge is 2.05. The minimum Gasteiger partial charge on any atom is -0.489 e. The van der Waals surface area contributed by atoms with Crippen molar-refractivity contribution in [3.05, 3.63) is 103 Å². The number of para-hydroxylation sites is 1. The van der Waals surface area contributed by atoms with Gasteiger partial charge in [-0.2, -0.15) is 5.10 Å². The molecule has 3 nitrogen and oxygen atoms in total. The van der Waals surface area contributed by atoms with E-state index < -0.39 is 0 Å². The van der Waals surface area contributed by atoms with Gasteiger partial charge in [0.05, 0.1) is 11.4 Å². The zero-order chi connectivity index (χ0) is 17.8. The fourth-order valence-electron chi connectivity index (χ4n) is 2.70. The second-order valence-corrected chi connectivity index (χ2v) is 5.89. The van der Waals surface area contributed by atoms with E-state index in [1.165, 1.54) is 6.07 Å². The smallest absolute Gasteiger partial charge is 0.129 e. The van der Waals surface area contributed by atoms with E-state index in [4.69, 9.17) is 4.74 Å². The van der Waals surface area contributed by atoms with Crippen LogP contribution in [0.1, 0.15) is 5.56 Å². The first-order valence-corrected chi connectivity index (χ1v) is 8.37. The molecule has 1 aromatic heterocycles. The van der Waals surface area contributed by atoms with E-state index in [9.17, 15) is 4.39 Å². The lowest BCUT2D eigenvalue weighted by atomic mass is 10.1. The highest BCUT2D eigenvalue weighted by atomic mass is 19.1. The summed E-state index contributed by atoms with van der Waals surface area (Å²) in [7, 11) is 0. The Hall–Kier alpha value is -3.40. The lowest BCUT2D eigenvalue weighted by Gasteiger charge is -2.07. The number of rotatable bonds is 5. The predicted octanol–water partition coefficient (Wildman–Crippen LogP) is 5.26. The maximum Gasteiger partial charge on any atom is 0.129 e. The Kier molecular flexibility index (Phi) is 4.48. The van der Waals surface area contributed by atoms with Gasteiger partial charge in [-0.05, 0) is 48.5 Å². The highest BCUT2D eigenvalue weighted by Crippen LogP contribution is 2.22. The van der Waals surface area contributed by atoms with Gasteiger partial charge in [0, 0.05) is 17.3 Å². The molecule has 4 rings (SSSR count). The van der Waals surface area contributed by atoms with Gasteiger partial charge in [-0.3, -0.25) is 0 Å². The monoisotopic (exact) mass is 344 g/mol. The van der Waals surface area contributed by atoms with Gasteiger partial charge in [-0.15, -0.1) is 0 Å². The van der Waals surface area contributed by atoms with Crippen molar-refractivity contribution in [2.24, 2.45) is 0 Å². The topological polar surface area (TPSA) is 27.1 Å². The van der Waals surface area contributed by atoms with Crippen LogP contribution in [0, 0.1) is 5.82 Å². The Morgan fingerprint density at radius 2 is 1.54 bits per heavy atom. The van der Waals surface area contributed by atoms with E-state index in [1.54, 1.807) is 18.2 Å². The molecule has 3 aromatic carbocycles. The molecule has 0 fully saturated rings. The Morgan fingerprint density at radius 1 is 0.808 bits per heavy atom. The second-order valence-electron chi connectivity index (χ2n) is 5.89. The van der Waals surface area contributed by atoms with Crippen LogP contribution < -0.4 is 4.74 Å². The number of benzene rings is 3. The van der Waals surface area contributed by atoms with Gasteiger partial charge in [-0.25, -0.2) is 9.07 Å². The third-order valence-corrected chi connectivity index (χ3v) is 4.11. The molecule has 1 heterocycles. The maximum absolute atomic E-state index is 13.6. The summed E-state index contributed by atoms with van der Waals surface area (Å²) in [5, 5.41) is 4.61. The normalized spacial score (nSPS) is 10.7. The van der Waals surface area contributed by atoms with E-state index in [1.807, 2.05) is 71.5 Å². The van der Waals surface area contributed by atoms with Gasteiger partial charge in [0.15, 0.2) is 0 Å². The van der Waals surface area contributed by atoms with Crippen LogP contribution in [0.2, 0.25) is 0 Å². The number of halogens is 1. The van der Waals surface area contributed by atoms with Crippen molar-refractivity contribution in [3.63, 3.8) is 0 Å². The van der Waals surface area contributed by atoms with Crippen LogP contribution in [0.25, 0.3) is 16.9 Å².